The SMILES string of the molecule is CCc1cnc(C2CNC2)[nH]1. The van der Waals surface area contributed by atoms with E-state index in [4.69, 9.17) is 0 Å². The van der Waals surface area contributed by atoms with Crippen molar-refractivity contribution in [3.63, 3.8) is 0 Å². The van der Waals surface area contributed by atoms with Crippen molar-refractivity contribution in [3.8, 4) is 0 Å². The number of nitrogens with zero attached hydrogens (tertiary/aromatic N) is 1. The van der Waals surface area contributed by atoms with Crippen LogP contribution in [0.3, 0.4) is 0 Å². The highest BCUT2D eigenvalue weighted by atomic mass is 15.0. The van der Waals surface area contributed by atoms with Gasteiger partial charge in [0.25, 0.3) is 0 Å². The maximum absolute atomic E-state index is 4.31. The molecule has 1 aromatic heterocycles. The molecule has 0 unspecified atom stereocenters. The quantitative estimate of drug-likeness (QED) is 0.652. The topological polar surface area (TPSA) is 40.7 Å². The van der Waals surface area contributed by atoms with Gasteiger partial charge in [-0.1, -0.05) is 6.92 Å². The van der Waals surface area contributed by atoms with Crippen molar-refractivity contribution >= 4 is 0 Å². The van der Waals surface area contributed by atoms with E-state index in [1.54, 1.807) is 0 Å². The van der Waals surface area contributed by atoms with Crippen LogP contribution in [0.25, 0.3) is 0 Å². The van der Waals surface area contributed by atoms with E-state index in [1.165, 1.54) is 5.69 Å². The van der Waals surface area contributed by atoms with Crippen molar-refractivity contribution in [2.75, 3.05) is 13.1 Å². The van der Waals surface area contributed by atoms with Gasteiger partial charge in [-0.05, 0) is 6.42 Å². The Hall–Kier alpha value is -0.830. The highest BCUT2D eigenvalue weighted by Gasteiger charge is 2.21. The second kappa shape index (κ2) is 2.66. The molecule has 3 nitrogen and oxygen atoms in total. The third-order valence-electron chi connectivity index (χ3n) is 2.20. The van der Waals surface area contributed by atoms with E-state index in [-0.39, 0.29) is 0 Å². The average Bonchev–Trinajstić information content (AvgIpc) is 2.32. The number of rotatable bonds is 2. The van der Waals surface area contributed by atoms with Crippen LogP contribution in [0.2, 0.25) is 0 Å². The second-order valence-corrected chi connectivity index (χ2v) is 3.00. The lowest BCUT2D eigenvalue weighted by Crippen LogP contribution is -2.40. The molecule has 1 saturated heterocycles. The van der Waals surface area contributed by atoms with E-state index in [0.717, 1.165) is 25.3 Å². The Morgan fingerprint density at radius 3 is 2.91 bits per heavy atom. The molecule has 1 aliphatic heterocycles. The summed E-state index contributed by atoms with van der Waals surface area (Å²) in [6, 6.07) is 0. The monoisotopic (exact) mass is 151 g/mol. The number of aromatic amines is 1. The summed E-state index contributed by atoms with van der Waals surface area (Å²) in [6.45, 7) is 4.30. The summed E-state index contributed by atoms with van der Waals surface area (Å²) < 4.78 is 0. The number of hydrogen-bond donors (Lipinski definition) is 2. The molecule has 1 fully saturated rings. The van der Waals surface area contributed by atoms with Crippen molar-refractivity contribution in [1.29, 1.82) is 0 Å². The van der Waals surface area contributed by atoms with Gasteiger partial charge in [0, 0.05) is 30.9 Å². The zero-order chi connectivity index (χ0) is 7.68. The smallest absolute Gasteiger partial charge is 0.111 e. The Kier molecular flexibility index (Phi) is 1.66. The zero-order valence-corrected chi connectivity index (χ0v) is 6.72. The van der Waals surface area contributed by atoms with E-state index in [9.17, 15) is 0 Å². The lowest BCUT2D eigenvalue weighted by atomic mass is 10.0. The van der Waals surface area contributed by atoms with Crippen molar-refractivity contribution in [1.82, 2.24) is 15.3 Å². The summed E-state index contributed by atoms with van der Waals surface area (Å²) in [4.78, 5) is 7.63. The largest absolute Gasteiger partial charge is 0.346 e. The van der Waals surface area contributed by atoms with Crippen molar-refractivity contribution in [3.05, 3.63) is 17.7 Å². The minimum atomic E-state index is 0.635. The normalized spacial score (nSPS) is 18.3. The lowest BCUT2D eigenvalue weighted by molar-refractivity contribution is 0.432. The predicted octanol–water partition coefficient (Wildman–Crippen LogP) is 0.659. The van der Waals surface area contributed by atoms with Gasteiger partial charge in [-0.2, -0.15) is 0 Å². The molecular formula is C8H13N3. The van der Waals surface area contributed by atoms with Gasteiger partial charge in [-0.3, -0.25) is 0 Å². The molecule has 3 heteroatoms. The van der Waals surface area contributed by atoms with Gasteiger partial charge in [0.2, 0.25) is 0 Å². The number of aromatic nitrogens is 2. The van der Waals surface area contributed by atoms with Crippen LogP contribution in [0.4, 0.5) is 0 Å². The van der Waals surface area contributed by atoms with E-state index >= 15 is 0 Å². The van der Waals surface area contributed by atoms with E-state index in [1.807, 2.05) is 6.20 Å². The standard InChI is InChI=1S/C8H13N3/c1-2-7-5-10-8(11-7)6-3-9-4-6/h5-6,9H,2-4H2,1H3,(H,10,11). The highest BCUT2D eigenvalue weighted by Crippen LogP contribution is 2.15. The van der Waals surface area contributed by atoms with Crippen LogP contribution in [0.15, 0.2) is 6.20 Å². The van der Waals surface area contributed by atoms with E-state index in [2.05, 4.69) is 22.2 Å². The molecule has 2 N–H and O–H groups in total. The number of imidazole rings is 1. The number of hydrogen-bond acceptors (Lipinski definition) is 2. The molecule has 0 radical (unpaired) electrons. The Labute approximate surface area is 66.2 Å². The molecule has 11 heavy (non-hydrogen) atoms. The Morgan fingerprint density at radius 1 is 1.64 bits per heavy atom. The molecule has 0 spiro atoms. The molecule has 1 aliphatic rings. The van der Waals surface area contributed by atoms with Crippen LogP contribution >= 0.6 is 0 Å². The average molecular weight is 151 g/mol. The summed E-state index contributed by atoms with van der Waals surface area (Å²) in [5, 5.41) is 3.23. The van der Waals surface area contributed by atoms with Crippen molar-refractivity contribution < 1.29 is 0 Å². The van der Waals surface area contributed by atoms with Crippen LogP contribution in [0.5, 0.6) is 0 Å². The molecule has 0 atom stereocenters. The molecule has 0 bridgehead atoms. The molecular weight excluding hydrogens is 138 g/mol. The molecule has 1 aromatic rings. The van der Waals surface area contributed by atoms with Gasteiger partial charge >= 0.3 is 0 Å². The minimum Gasteiger partial charge on any atom is -0.346 e. The fourth-order valence-electron chi connectivity index (χ4n) is 1.25. The predicted molar refractivity (Wildman–Crippen MR) is 43.6 cm³/mol. The van der Waals surface area contributed by atoms with Gasteiger partial charge in [0.05, 0.1) is 0 Å². The Bertz CT molecular complexity index is 237. The number of H-pyrrole nitrogens is 1. The third kappa shape index (κ3) is 1.16. The molecule has 2 heterocycles. The summed E-state index contributed by atoms with van der Waals surface area (Å²) in [6.07, 6.45) is 2.99. The van der Waals surface area contributed by atoms with Gasteiger partial charge in [-0.25, -0.2) is 4.98 Å². The Balaban J connectivity index is 2.11. The van der Waals surface area contributed by atoms with Crippen LogP contribution in [0, 0.1) is 0 Å². The summed E-state index contributed by atoms with van der Waals surface area (Å²) >= 11 is 0. The molecule has 2 rings (SSSR count). The molecule has 0 aliphatic carbocycles. The first-order valence-corrected chi connectivity index (χ1v) is 4.14. The van der Waals surface area contributed by atoms with Crippen LogP contribution in [0.1, 0.15) is 24.4 Å². The maximum atomic E-state index is 4.31. The fraction of sp³-hybridized carbons (Fsp3) is 0.625. The summed E-state index contributed by atoms with van der Waals surface area (Å²) in [7, 11) is 0. The van der Waals surface area contributed by atoms with Crippen molar-refractivity contribution in [2.45, 2.75) is 19.3 Å². The summed E-state index contributed by atoms with van der Waals surface area (Å²) in [5.41, 5.74) is 1.24. The van der Waals surface area contributed by atoms with Crippen LogP contribution in [-0.4, -0.2) is 23.1 Å². The Morgan fingerprint density at radius 2 is 2.45 bits per heavy atom. The van der Waals surface area contributed by atoms with Gasteiger partial charge < -0.3 is 10.3 Å². The first-order chi connectivity index (χ1) is 5.40. The van der Waals surface area contributed by atoms with Gasteiger partial charge in [0.1, 0.15) is 5.82 Å². The van der Waals surface area contributed by atoms with Crippen molar-refractivity contribution in [2.24, 2.45) is 0 Å². The molecule has 60 valence electrons. The number of aryl methyl sites for hydroxylation is 1. The van der Waals surface area contributed by atoms with Crippen LogP contribution < -0.4 is 5.32 Å². The maximum Gasteiger partial charge on any atom is 0.111 e. The third-order valence-corrected chi connectivity index (χ3v) is 2.20. The fourth-order valence-corrected chi connectivity index (χ4v) is 1.25. The van der Waals surface area contributed by atoms with E-state index < -0.39 is 0 Å². The first kappa shape index (κ1) is 6.85. The van der Waals surface area contributed by atoms with Gasteiger partial charge in [-0.15, -0.1) is 0 Å². The minimum absolute atomic E-state index is 0.635. The van der Waals surface area contributed by atoms with E-state index in [0.29, 0.717) is 5.92 Å². The molecule has 0 amide bonds. The first-order valence-electron chi connectivity index (χ1n) is 4.14. The highest BCUT2D eigenvalue weighted by molar-refractivity contribution is 5.09. The van der Waals surface area contributed by atoms with Gasteiger partial charge in [0.15, 0.2) is 0 Å². The molecule has 0 saturated carbocycles. The second-order valence-electron chi connectivity index (χ2n) is 3.00. The molecule has 0 aromatic carbocycles. The zero-order valence-electron chi connectivity index (χ0n) is 6.72. The lowest BCUT2D eigenvalue weighted by Gasteiger charge is -2.24. The summed E-state index contributed by atoms with van der Waals surface area (Å²) in [5.74, 6) is 1.79. The number of nitrogens with one attached hydrogen (secondary N) is 2. The van der Waals surface area contributed by atoms with Crippen LogP contribution in [-0.2, 0) is 6.42 Å².